The lowest BCUT2D eigenvalue weighted by Gasteiger charge is -2.24. The van der Waals surface area contributed by atoms with Crippen molar-refractivity contribution >= 4 is 11.6 Å². The van der Waals surface area contributed by atoms with Crippen molar-refractivity contribution in [3.63, 3.8) is 0 Å². The van der Waals surface area contributed by atoms with Crippen molar-refractivity contribution in [3.8, 4) is 11.8 Å². The zero-order valence-corrected chi connectivity index (χ0v) is 15.4. The standard InChI is InChI=1S/C22H24N2O2/c1-16(22(26)24(3)4)21(25)17(2)23-20-12-8-11-19(15-20)14-13-18-9-6-5-7-10-18/h5-12,15-16,21,23,25H,2H2,1,3-4H3/t16-,21-/m1/s1. The molecule has 0 aliphatic carbocycles. The number of hydrogen-bond donors (Lipinski definition) is 2. The van der Waals surface area contributed by atoms with Crippen LogP contribution >= 0.6 is 0 Å². The Bertz CT molecular complexity index is 832. The fourth-order valence-electron chi connectivity index (χ4n) is 2.44. The first-order chi connectivity index (χ1) is 12.4. The first-order valence-corrected chi connectivity index (χ1v) is 8.40. The second-order valence-electron chi connectivity index (χ2n) is 6.31. The third kappa shape index (κ3) is 5.23. The molecule has 26 heavy (non-hydrogen) atoms. The molecule has 4 heteroatoms. The Balaban J connectivity index is 2.07. The molecule has 0 fully saturated rings. The highest BCUT2D eigenvalue weighted by Crippen LogP contribution is 2.18. The normalized spacial score (nSPS) is 12.3. The van der Waals surface area contributed by atoms with Crippen molar-refractivity contribution in [2.24, 2.45) is 5.92 Å². The van der Waals surface area contributed by atoms with Crippen LogP contribution in [0.2, 0.25) is 0 Å². The number of nitrogens with zero attached hydrogens (tertiary/aromatic N) is 1. The SMILES string of the molecule is C=C(Nc1cccc(C#Cc2ccccc2)c1)[C@H](O)[C@@H](C)C(=O)N(C)C. The van der Waals surface area contributed by atoms with Crippen molar-refractivity contribution in [2.45, 2.75) is 13.0 Å². The summed E-state index contributed by atoms with van der Waals surface area (Å²) in [6.07, 6.45) is -0.982. The van der Waals surface area contributed by atoms with Gasteiger partial charge in [0.05, 0.1) is 5.92 Å². The number of benzene rings is 2. The molecule has 2 aromatic carbocycles. The van der Waals surface area contributed by atoms with Gasteiger partial charge in [0.25, 0.3) is 0 Å². The summed E-state index contributed by atoms with van der Waals surface area (Å²) >= 11 is 0. The Labute approximate surface area is 155 Å². The molecule has 134 valence electrons. The lowest BCUT2D eigenvalue weighted by molar-refractivity contribution is -0.135. The Kier molecular flexibility index (Phi) is 6.60. The van der Waals surface area contributed by atoms with Crippen LogP contribution in [0.5, 0.6) is 0 Å². The van der Waals surface area contributed by atoms with Crippen LogP contribution in [0.4, 0.5) is 5.69 Å². The molecule has 0 saturated carbocycles. The maximum atomic E-state index is 12.0. The first-order valence-electron chi connectivity index (χ1n) is 8.40. The van der Waals surface area contributed by atoms with Crippen LogP contribution in [0.15, 0.2) is 66.9 Å². The average Bonchev–Trinajstić information content (AvgIpc) is 2.65. The summed E-state index contributed by atoms with van der Waals surface area (Å²) < 4.78 is 0. The van der Waals surface area contributed by atoms with Gasteiger partial charge in [0, 0.05) is 36.6 Å². The van der Waals surface area contributed by atoms with Crippen LogP contribution in [-0.4, -0.2) is 36.1 Å². The molecule has 0 aliphatic rings. The van der Waals surface area contributed by atoms with Gasteiger partial charge >= 0.3 is 0 Å². The van der Waals surface area contributed by atoms with E-state index < -0.39 is 12.0 Å². The summed E-state index contributed by atoms with van der Waals surface area (Å²) in [6.45, 7) is 5.55. The van der Waals surface area contributed by atoms with E-state index in [1.54, 1.807) is 21.0 Å². The van der Waals surface area contributed by atoms with Gasteiger partial charge in [-0.1, -0.05) is 49.6 Å². The molecule has 0 aliphatic heterocycles. The summed E-state index contributed by atoms with van der Waals surface area (Å²) in [7, 11) is 3.33. The van der Waals surface area contributed by atoms with Crippen LogP contribution in [0.3, 0.4) is 0 Å². The minimum atomic E-state index is -0.982. The lowest BCUT2D eigenvalue weighted by Crippen LogP contribution is -2.37. The second kappa shape index (κ2) is 8.89. The Morgan fingerprint density at radius 1 is 1.08 bits per heavy atom. The molecule has 2 N–H and O–H groups in total. The van der Waals surface area contributed by atoms with Crippen molar-refractivity contribution in [1.29, 1.82) is 0 Å². The third-order valence-electron chi connectivity index (χ3n) is 3.95. The highest BCUT2D eigenvalue weighted by molar-refractivity contribution is 5.79. The zero-order chi connectivity index (χ0) is 19.1. The Morgan fingerprint density at radius 2 is 1.69 bits per heavy atom. The van der Waals surface area contributed by atoms with Crippen molar-refractivity contribution in [1.82, 2.24) is 4.90 Å². The number of nitrogens with one attached hydrogen (secondary N) is 1. The molecule has 0 bridgehead atoms. The van der Waals surface area contributed by atoms with E-state index in [2.05, 4.69) is 23.7 Å². The molecule has 4 nitrogen and oxygen atoms in total. The Morgan fingerprint density at radius 3 is 2.35 bits per heavy atom. The van der Waals surface area contributed by atoms with Crippen LogP contribution in [0, 0.1) is 17.8 Å². The van der Waals surface area contributed by atoms with E-state index in [1.165, 1.54) is 4.90 Å². The van der Waals surface area contributed by atoms with Gasteiger partial charge in [-0.2, -0.15) is 0 Å². The number of carbonyl (C=O) groups is 1. The molecule has 0 saturated heterocycles. The molecule has 2 aromatic rings. The zero-order valence-electron chi connectivity index (χ0n) is 15.4. The number of amides is 1. The van der Waals surface area contributed by atoms with Gasteiger partial charge in [0.15, 0.2) is 0 Å². The molecule has 0 radical (unpaired) electrons. The maximum absolute atomic E-state index is 12.0. The topological polar surface area (TPSA) is 52.6 Å². The first kappa shape index (κ1) is 19.3. The molecule has 0 spiro atoms. The maximum Gasteiger partial charge on any atom is 0.227 e. The predicted octanol–water partition coefficient (Wildman–Crippen LogP) is 3.10. The largest absolute Gasteiger partial charge is 0.386 e. The summed E-state index contributed by atoms with van der Waals surface area (Å²) in [5.41, 5.74) is 2.93. The van der Waals surface area contributed by atoms with E-state index >= 15 is 0 Å². The minimum Gasteiger partial charge on any atom is -0.386 e. The molecule has 2 atom stereocenters. The monoisotopic (exact) mass is 348 g/mol. The van der Waals surface area contributed by atoms with Gasteiger partial charge in [-0.3, -0.25) is 4.79 Å². The molecule has 2 rings (SSSR count). The highest BCUT2D eigenvalue weighted by atomic mass is 16.3. The minimum absolute atomic E-state index is 0.150. The summed E-state index contributed by atoms with van der Waals surface area (Å²) in [6, 6.07) is 17.3. The quantitative estimate of drug-likeness (QED) is 0.817. The number of hydrogen-bond acceptors (Lipinski definition) is 3. The summed E-state index contributed by atoms with van der Waals surface area (Å²) in [5, 5.41) is 13.4. The lowest BCUT2D eigenvalue weighted by atomic mass is 10.0. The highest BCUT2D eigenvalue weighted by Gasteiger charge is 2.25. The average molecular weight is 348 g/mol. The molecule has 0 aromatic heterocycles. The summed E-state index contributed by atoms with van der Waals surface area (Å²) in [5.74, 6) is 5.50. The van der Waals surface area contributed by atoms with E-state index in [1.807, 2.05) is 54.6 Å². The third-order valence-corrected chi connectivity index (χ3v) is 3.95. The molecule has 0 heterocycles. The van der Waals surface area contributed by atoms with Crippen LogP contribution in [0.1, 0.15) is 18.1 Å². The van der Waals surface area contributed by atoms with Gasteiger partial charge in [-0.15, -0.1) is 0 Å². The van der Waals surface area contributed by atoms with Crippen molar-refractivity contribution in [2.75, 3.05) is 19.4 Å². The second-order valence-corrected chi connectivity index (χ2v) is 6.31. The fraction of sp³-hybridized carbons (Fsp3) is 0.227. The fourth-order valence-corrected chi connectivity index (χ4v) is 2.44. The molecular formula is C22H24N2O2. The van der Waals surface area contributed by atoms with Gasteiger partial charge in [0.1, 0.15) is 6.10 Å². The smallest absolute Gasteiger partial charge is 0.227 e. The van der Waals surface area contributed by atoms with Gasteiger partial charge in [0.2, 0.25) is 5.91 Å². The van der Waals surface area contributed by atoms with Gasteiger partial charge < -0.3 is 15.3 Å². The number of anilines is 1. The van der Waals surface area contributed by atoms with E-state index in [9.17, 15) is 9.90 Å². The van der Waals surface area contributed by atoms with Crippen LogP contribution in [0.25, 0.3) is 0 Å². The van der Waals surface area contributed by atoms with Gasteiger partial charge in [-0.25, -0.2) is 0 Å². The Hall–Kier alpha value is -3.03. The number of aliphatic hydroxyl groups is 1. The molecular weight excluding hydrogens is 324 g/mol. The number of aliphatic hydroxyl groups excluding tert-OH is 1. The van der Waals surface area contributed by atoms with Crippen molar-refractivity contribution in [3.05, 3.63) is 78.0 Å². The van der Waals surface area contributed by atoms with Crippen LogP contribution in [-0.2, 0) is 4.79 Å². The number of rotatable bonds is 5. The van der Waals surface area contributed by atoms with Gasteiger partial charge in [-0.05, 0) is 30.3 Å². The van der Waals surface area contributed by atoms with E-state index in [-0.39, 0.29) is 5.91 Å². The molecule has 1 amide bonds. The number of carbonyl (C=O) groups excluding carboxylic acids is 1. The molecule has 0 unspecified atom stereocenters. The van der Waals surface area contributed by atoms with E-state index in [0.29, 0.717) is 5.70 Å². The van der Waals surface area contributed by atoms with E-state index in [4.69, 9.17) is 0 Å². The van der Waals surface area contributed by atoms with Crippen LogP contribution < -0.4 is 5.32 Å². The summed E-state index contributed by atoms with van der Waals surface area (Å²) in [4.78, 5) is 13.5. The van der Waals surface area contributed by atoms with E-state index in [0.717, 1.165) is 16.8 Å². The van der Waals surface area contributed by atoms with Crippen molar-refractivity contribution < 1.29 is 9.90 Å². The predicted molar refractivity (Wildman–Crippen MR) is 105 cm³/mol.